The maximum atomic E-state index is 15.5. The van der Waals surface area contributed by atoms with Crippen LogP contribution in [0.1, 0.15) is 53.1 Å². The Morgan fingerprint density at radius 3 is 2.49 bits per heavy atom. The molecule has 2 aliphatic carbocycles. The number of ether oxygens (including phenoxy) is 1. The van der Waals surface area contributed by atoms with Gasteiger partial charge in [-0.2, -0.15) is 24.0 Å². The van der Waals surface area contributed by atoms with Gasteiger partial charge in [-0.15, -0.1) is 0 Å². The summed E-state index contributed by atoms with van der Waals surface area (Å²) in [5.41, 5.74) is -1.84. The molecule has 23 heteroatoms. The smallest absolute Gasteiger partial charge is 0.316 e. The molecule has 0 aliphatic heterocycles. The molecule has 0 radical (unpaired) electrons. The van der Waals surface area contributed by atoms with Gasteiger partial charge >= 0.3 is 6.01 Å². The summed E-state index contributed by atoms with van der Waals surface area (Å²) in [5, 5.41) is 10.8. The van der Waals surface area contributed by atoms with Crippen molar-refractivity contribution in [3.8, 4) is 23.0 Å². The Kier molecular flexibility index (Phi) is 9.99. The van der Waals surface area contributed by atoms with Crippen LogP contribution < -0.4 is 20.3 Å². The number of nitrogens with one attached hydrogen (secondary N) is 2. The topological polar surface area (TPSA) is 181 Å². The summed E-state index contributed by atoms with van der Waals surface area (Å²) in [4.78, 5) is 42.4. The zero-order valence-electron chi connectivity index (χ0n) is 32.9. The number of anilines is 1. The van der Waals surface area contributed by atoms with Crippen LogP contribution in [0.3, 0.4) is 0 Å². The normalized spacial score (nSPS) is 16.9. The van der Waals surface area contributed by atoms with Crippen LogP contribution in [0.5, 0.6) is 6.01 Å². The second kappa shape index (κ2) is 15.1. The largest absolute Gasteiger partial charge is 0.467 e. The Morgan fingerprint density at radius 1 is 1.05 bits per heavy atom. The van der Waals surface area contributed by atoms with Crippen molar-refractivity contribution in [2.24, 2.45) is 13.0 Å². The van der Waals surface area contributed by atoms with Crippen molar-refractivity contribution >= 4 is 55.2 Å². The maximum absolute atomic E-state index is 15.5. The number of aromatic nitrogens is 8. The van der Waals surface area contributed by atoms with E-state index in [1.54, 1.807) is 12.1 Å². The predicted molar refractivity (Wildman–Crippen MR) is 216 cm³/mol. The van der Waals surface area contributed by atoms with Crippen molar-refractivity contribution in [2.75, 3.05) is 18.1 Å². The number of carbonyl (C=O) groups excluding carboxylic acids is 1. The second-order valence-electron chi connectivity index (χ2n) is 15.2. The number of halogens is 7. The van der Waals surface area contributed by atoms with Gasteiger partial charge in [0.1, 0.15) is 35.4 Å². The Morgan fingerprint density at radius 2 is 1.79 bits per heavy atom. The molecule has 4 heterocycles. The van der Waals surface area contributed by atoms with Crippen LogP contribution in [0.2, 0.25) is 5.02 Å². The summed E-state index contributed by atoms with van der Waals surface area (Å²) in [6.07, 6.45) is -1.37. The molecule has 3 aromatic carbocycles. The lowest BCUT2D eigenvalue weighted by molar-refractivity contribution is -0.123. The lowest BCUT2D eigenvalue weighted by Gasteiger charge is -2.24. The molecule has 1 fully saturated rings. The van der Waals surface area contributed by atoms with Crippen molar-refractivity contribution in [1.29, 1.82) is 0 Å². The third-order valence-electron chi connectivity index (χ3n) is 10.9. The quantitative estimate of drug-likeness (QED) is 0.129. The van der Waals surface area contributed by atoms with E-state index in [4.69, 9.17) is 21.3 Å². The zero-order chi connectivity index (χ0) is 44.9. The van der Waals surface area contributed by atoms with E-state index in [2.05, 4.69) is 30.2 Å². The third-order valence-corrected chi connectivity index (χ3v) is 11.8. The highest BCUT2D eigenvalue weighted by atomic mass is 35.5. The van der Waals surface area contributed by atoms with Gasteiger partial charge in [-0.05, 0) is 60.4 Å². The van der Waals surface area contributed by atoms with E-state index in [1.807, 2.05) is 0 Å². The van der Waals surface area contributed by atoms with E-state index in [-0.39, 0.29) is 67.7 Å². The van der Waals surface area contributed by atoms with E-state index < -0.39 is 87.7 Å². The van der Waals surface area contributed by atoms with E-state index in [9.17, 15) is 30.8 Å². The minimum Gasteiger partial charge on any atom is -0.467 e. The number of hydrogen-bond acceptors (Lipinski definition) is 10. The molecule has 63 heavy (non-hydrogen) atoms. The number of rotatable bonds is 12. The number of sulfonamides is 1. The second-order valence-corrected chi connectivity index (χ2v) is 17.3. The number of amides is 1. The fourth-order valence-electron chi connectivity index (χ4n) is 8.34. The number of hydrogen-bond donors (Lipinski definition) is 2. The van der Waals surface area contributed by atoms with Gasteiger partial charge < -0.3 is 10.1 Å². The number of carbonyl (C=O) groups is 1. The van der Waals surface area contributed by atoms with Gasteiger partial charge in [-0.1, -0.05) is 17.7 Å². The van der Waals surface area contributed by atoms with Crippen LogP contribution in [0.15, 0.2) is 65.6 Å². The number of aryl methyl sites for hydroxylation is 1. The molecule has 1 saturated carbocycles. The van der Waals surface area contributed by atoms with E-state index in [0.717, 1.165) is 23.0 Å². The highest BCUT2D eigenvalue weighted by Crippen LogP contribution is 2.68. The molecule has 3 atom stereocenters. The predicted octanol–water partition coefficient (Wildman–Crippen LogP) is 6.48. The molecule has 15 nitrogen and oxygen atoms in total. The summed E-state index contributed by atoms with van der Waals surface area (Å²) in [6, 6.07) is 9.94. The summed E-state index contributed by atoms with van der Waals surface area (Å²) < 4.78 is 124. The number of nitrogens with zero attached hydrogens (tertiary/aromatic N) is 8. The fraction of sp³-hybridized carbons (Fsp3) is 0.275. The van der Waals surface area contributed by atoms with Gasteiger partial charge in [0, 0.05) is 42.8 Å². The van der Waals surface area contributed by atoms with Crippen LogP contribution in [-0.4, -0.2) is 66.8 Å². The maximum Gasteiger partial charge on any atom is 0.316 e. The Balaban J connectivity index is 1.26. The van der Waals surface area contributed by atoms with Crippen LogP contribution in [0.25, 0.3) is 38.8 Å². The molecule has 326 valence electrons. The van der Waals surface area contributed by atoms with Gasteiger partial charge in [0.25, 0.3) is 17.9 Å². The minimum atomic E-state index is -3.92. The molecule has 1 amide bonds. The first-order chi connectivity index (χ1) is 29.8. The third kappa shape index (κ3) is 7.39. The van der Waals surface area contributed by atoms with Gasteiger partial charge in [-0.3, -0.25) is 28.2 Å². The van der Waals surface area contributed by atoms with Crippen LogP contribution >= 0.6 is 11.6 Å². The fourth-order valence-corrected chi connectivity index (χ4v) is 9.08. The molecule has 2 N–H and O–H groups in total. The van der Waals surface area contributed by atoms with Gasteiger partial charge in [-0.25, -0.2) is 35.9 Å². The van der Waals surface area contributed by atoms with Crippen LogP contribution in [0.4, 0.5) is 32.2 Å². The van der Waals surface area contributed by atoms with Crippen molar-refractivity contribution in [1.82, 2.24) is 44.4 Å². The lowest BCUT2D eigenvalue weighted by Crippen LogP contribution is -2.38. The Bertz CT molecular complexity index is 3210. The molecule has 2 aliphatic rings. The van der Waals surface area contributed by atoms with Gasteiger partial charge in [0.2, 0.25) is 15.9 Å². The summed E-state index contributed by atoms with van der Waals surface area (Å²) in [7, 11) is -1.11. The van der Waals surface area contributed by atoms with E-state index in [0.29, 0.717) is 22.0 Å². The summed E-state index contributed by atoms with van der Waals surface area (Å²) >= 11 is 6.63. The highest BCUT2D eigenvalue weighted by Gasteiger charge is 2.67. The molecule has 0 spiro atoms. The van der Waals surface area contributed by atoms with Crippen LogP contribution in [-0.2, 0) is 40.8 Å². The first kappa shape index (κ1) is 41.8. The van der Waals surface area contributed by atoms with Crippen molar-refractivity contribution < 1.29 is 44.3 Å². The lowest BCUT2D eigenvalue weighted by atomic mass is 10.0. The molecule has 9 rings (SSSR count). The Hall–Kier alpha value is -6.55. The van der Waals surface area contributed by atoms with Crippen molar-refractivity contribution in [2.45, 2.75) is 43.7 Å². The molecular weight excluding hydrogens is 882 g/mol. The molecule has 7 aromatic rings. The average molecular weight is 913 g/mol. The minimum absolute atomic E-state index is 0.0000236. The number of fused-ring (bicyclic) bond motifs is 5. The van der Waals surface area contributed by atoms with E-state index in [1.165, 1.54) is 49.3 Å². The molecular formula is C40H31ClF6N10O5S. The van der Waals surface area contributed by atoms with Crippen molar-refractivity contribution in [3.63, 3.8) is 0 Å². The first-order valence-corrected chi connectivity index (χ1v) is 21.2. The molecule has 0 unspecified atom stereocenters. The van der Waals surface area contributed by atoms with Gasteiger partial charge in [0.05, 0.1) is 57.6 Å². The van der Waals surface area contributed by atoms with Crippen molar-refractivity contribution in [3.05, 3.63) is 116 Å². The highest BCUT2D eigenvalue weighted by molar-refractivity contribution is 7.92. The number of methoxy groups -OCH3 is 1. The van der Waals surface area contributed by atoms with E-state index >= 15 is 13.6 Å². The van der Waals surface area contributed by atoms with Crippen LogP contribution in [0, 0.1) is 17.6 Å². The first-order valence-electron chi connectivity index (χ1n) is 18.9. The zero-order valence-corrected chi connectivity index (χ0v) is 34.4. The molecule has 4 aromatic heterocycles. The summed E-state index contributed by atoms with van der Waals surface area (Å²) in [5.74, 6) is -9.13. The summed E-state index contributed by atoms with van der Waals surface area (Å²) in [6.45, 7) is -0.997. The average Bonchev–Trinajstić information content (AvgIpc) is 3.75. The molecule has 0 saturated heterocycles. The van der Waals surface area contributed by atoms with Gasteiger partial charge in [0.15, 0.2) is 5.82 Å². The molecule has 0 bridgehead atoms. The Labute approximate surface area is 356 Å². The number of benzene rings is 3. The SMILES string of the molecule is COc1nccc(-c2ccc3c(=O)n(-c4ccc(Cl)c5c(NS(C)(=O)=O)nn(C)c45)c([C@H](Cc4cc(F)cc(F)c4)NC(=O)Cn4nc(C(F)F)c5c4C(F)(F)[C@@H]4C[C@H]54)nc3c2)n1. The monoisotopic (exact) mass is 912 g/mol. The standard InChI is InChI=1S/C40H31ClF6N10O5S/c1-55-33-28(7-6-24(41)31(33)36(53-55)54-63(3,60)61)57-37(50-26-13-18(4-5-21(26)38(57)59)25-8-9-48-39(51-25)62-2)27(12-17-10-19(42)14-20(43)11-17)49-29(58)16-56-34-30(32(52-56)35(44)45)22-15-23(22)40(34,46)47/h4-11,13-14,22-23,27,35H,12,15-16H2,1-3H3,(H,49,58)(H,53,54)/t22-,23+,27-/m0/s1. The number of alkyl halides is 4.